The fourth-order valence-electron chi connectivity index (χ4n) is 1.70. The van der Waals surface area contributed by atoms with E-state index in [-0.39, 0.29) is 28.7 Å². The fourth-order valence-corrected chi connectivity index (χ4v) is 1.89. The van der Waals surface area contributed by atoms with Crippen molar-refractivity contribution in [2.75, 3.05) is 5.32 Å². The molecule has 0 bridgehead atoms. The van der Waals surface area contributed by atoms with Crippen molar-refractivity contribution in [2.24, 2.45) is 0 Å². The first kappa shape index (κ1) is 14.1. The zero-order chi connectivity index (χ0) is 14.7. The number of hydrogen-bond acceptors (Lipinski definition) is 4. The van der Waals surface area contributed by atoms with Crippen molar-refractivity contribution >= 4 is 23.0 Å². The maximum absolute atomic E-state index is 13.0. The smallest absolute Gasteiger partial charge is 0.295 e. The highest BCUT2D eigenvalue weighted by Crippen LogP contribution is 2.29. The molecule has 0 aromatic heterocycles. The molecule has 0 saturated carbocycles. The zero-order valence-corrected chi connectivity index (χ0v) is 10.9. The minimum atomic E-state index is -0.687. The molecule has 0 aliphatic carbocycles. The number of phenols is 1. The second-order valence-electron chi connectivity index (χ2n) is 4.02. The van der Waals surface area contributed by atoms with Gasteiger partial charge in [-0.25, -0.2) is 4.39 Å². The van der Waals surface area contributed by atoms with Crippen LogP contribution in [0.2, 0.25) is 5.02 Å². The van der Waals surface area contributed by atoms with E-state index in [4.69, 9.17) is 11.6 Å². The number of para-hydroxylation sites is 1. The molecule has 0 heterocycles. The Kier molecular flexibility index (Phi) is 4.05. The molecule has 0 fully saturated rings. The van der Waals surface area contributed by atoms with E-state index in [1.54, 1.807) is 12.1 Å². The van der Waals surface area contributed by atoms with Crippen molar-refractivity contribution in [3.8, 4) is 5.75 Å². The summed E-state index contributed by atoms with van der Waals surface area (Å²) in [6.07, 6.45) is 0. The Hall–Kier alpha value is -2.34. The molecule has 20 heavy (non-hydrogen) atoms. The van der Waals surface area contributed by atoms with Crippen LogP contribution < -0.4 is 5.32 Å². The number of halogens is 2. The molecule has 2 aromatic carbocycles. The number of aromatic hydroxyl groups is 1. The third-order valence-corrected chi connectivity index (χ3v) is 3.00. The molecular weight excluding hydrogens is 287 g/mol. The van der Waals surface area contributed by atoms with Crippen molar-refractivity contribution in [3.05, 3.63) is 62.9 Å². The molecule has 0 amide bonds. The van der Waals surface area contributed by atoms with E-state index in [0.29, 0.717) is 5.56 Å². The molecule has 0 atom stereocenters. The first-order valence-electron chi connectivity index (χ1n) is 5.63. The number of hydrogen-bond donors (Lipinski definition) is 2. The molecule has 0 unspecified atom stereocenters. The Labute approximate surface area is 118 Å². The van der Waals surface area contributed by atoms with Crippen LogP contribution >= 0.6 is 11.6 Å². The molecule has 0 radical (unpaired) electrons. The zero-order valence-electron chi connectivity index (χ0n) is 10.1. The second kappa shape index (κ2) is 5.75. The number of phenolic OH excluding ortho intramolecular Hbond substituents is 1. The van der Waals surface area contributed by atoms with Gasteiger partial charge in [-0.05, 0) is 18.2 Å². The predicted molar refractivity (Wildman–Crippen MR) is 73.5 cm³/mol. The van der Waals surface area contributed by atoms with Gasteiger partial charge in [-0.2, -0.15) is 0 Å². The van der Waals surface area contributed by atoms with Crippen molar-refractivity contribution in [1.29, 1.82) is 0 Å². The summed E-state index contributed by atoms with van der Waals surface area (Å²) in [5.74, 6) is -0.778. The van der Waals surface area contributed by atoms with Crippen LogP contribution in [0.4, 0.5) is 15.8 Å². The van der Waals surface area contributed by atoms with Crippen LogP contribution in [0.5, 0.6) is 5.75 Å². The summed E-state index contributed by atoms with van der Waals surface area (Å²) < 4.78 is 13.0. The SMILES string of the molecule is O=[N+]([O-])c1cc(F)ccc1NCc1cccc(Cl)c1O. The number of benzene rings is 2. The molecule has 104 valence electrons. The van der Waals surface area contributed by atoms with Gasteiger partial charge in [0.2, 0.25) is 0 Å². The van der Waals surface area contributed by atoms with Crippen LogP contribution in [0.3, 0.4) is 0 Å². The van der Waals surface area contributed by atoms with Crippen LogP contribution in [-0.4, -0.2) is 10.0 Å². The molecule has 7 heteroatoms. The Balaban J connectivity index is 2.23. The van der Waals surface area contributed by atoms with E-state index in [0.717, 1.165) is 12.1 Å². The lowest BCUT2D eigenvalue weighted by Gasteiger charge is -2.09. The van der Waals surface area contributed by atoms with Crippen LogP contribution in [-0.2, 0) is 6.54 Å². The van der Waals surface area contributed by atoms with E-state index >= 15 is 0 Å². The number of rotatable bonds is 4. The van der Waals surface area contributed by atoms with Gasteiger partial charge in [-0.1, -0.05) is 23.7 Å². The monoisotopic (exact) mass is 296 g/mol. The van der Waals surface area contributed by atoms with Gasteiger partial charge in [-0.15, -0.1) is 0 Å². The number of nitrogens with zero attached hydrogens (tertiary/aromatic N) is 1. The van der Waals surface area contributed by atoms with E-state index in [9.17, 15) is 19.6 Å². The van der Waals surface area contributed by atoms with Gasteiger partial charge in [0, 0.05) is 12.1 Å². The van der Waals surface area contributed by atoms with Gasteiger partial charge in [0.05, 0.1) is 16.0 Å². The Morgan fingerprint density at radius 2 is 2.10 bits per heavy atom. The number of nitro groups is 1. The minimum Gasteiger partial charge on any atom is -0.506 e. The Morgan fingerprint density at radius 1 is 1.35 bits per heavy atom. The quantitative estimate of drug-likeness (QED) is 0.666. The summed E-state index contributed by atoms with van der Waals surface area (Å²) in [5.41, 5.74) is 0.276. The molecule has 2 N–H and O–H groups in total. The molecule has 0 spiro atoms. The van der Waals surface area contributed by atoms with Crippen molar-refractivity contribution in [2.45, 2.75) is 6.54 Å². The van der Waals surface area contributed by atoms with Crippen LogP contribution in [0.25, 0.3) is 0 Å². The normalized spacial score (nSPS) is 10.3. The average molecular weight is 297 g/mol. The standard InChI is InChI=1S/C13H10ClFN2O3/c14-10-3-1-2-8(13(10)18)7-16-11-5-4-9(15)6-12(11)17(19)20/h1-6,16,18H,7H2. The average Bonchev–Trinajstić information content (AvgIpc) is 2.41. The third-order valence-electron chi connectivity index (χ3n) is 2.70. The lowest BCUT2D eigenvalue weighted by atomic mass is 10.2. The Morgan fingerprint density at radius 3 is 2.80 bits per heavy atom. The minimum absolute atomic E-state index is 0.0913. The van der Waals surface area contributed by atoms with Crippen molar-refractivity contribution in [3.63, 3.8) is 0 Å². The molecule has 0 aliphatic rings. The van der Waals surface area contributed by atoms with Gasteiger partial charge >= 0.3 is 0 Å². The number of anilines is 1. The fraction of sp³-hybridized carbons (Fsp3) is 0.0769. The predicted octanol–water partition coefficient (Wildman–Crippen LogP) is 3.71. The molecular formula is C13H10ClFN2O3. The molecule has 0 aliphatic heterocycles. The van der Waals surface area contributed by atoms with Crippen molar-refractivity contribution in [1.82, 2.24) is 0 Å². The van der Waals surface area contributed by atoms with E-state index in [2.05, 4.69) is 5.32 Å². The second-order valence-corrected chi connectivity index (χ2v) is 4.43. The van der Waals surface area contributed by atoms with Crippen LogP contribution in [0.1, 0.15) is 5.56 Å². The van der Waals surface area contributed by atoms with Gasteiger partial charge < -0.3 is 10.4 Å². The van der Waals surface area contributed by atoms with E-state index in [1.165, 1.54) is 12.1 Å². The van der Waals surface area contributed by atoms with Gasteiger partial charge in [-0.3, -0.25) is 10.1 Å². The summed E-state index contributed by atoms with van der Waals surface area (Å²) >= 11 is 5.76. The first-order valence-corrected chi connectivity index (χ1v) is 6.01. The highest BCUT2D eigenvalue weighted by atomic mass is 35.5. The van der Waals surface area contributed by atoms with Gasteiger partial charge in [0.15, 0.2) is 0 Å². The number of nitro benzene ring substituents is 1. The highest BCUT2D eigenvalue weighted by molar-refractivity contribution is 6.32. The molecule has 5 nitrogen and oxygen atoms in total. The van der Waals surface area contributed by atoms with E-state index < -0.39 is 10.7 Å². The molecule has 0 saturated heterocycles. The first-order chi connectivity index (χ1) is 9.49. The topological polar surface area (TPSA) is 75.4 Å². The maximum atomic E-state index is 13.0. The maximum Gasteiger partial charge on any atom is 0.295 e. The van der Waals surface area contributed by atoms with Crippen LogP contribution in [0.15, 0.2) is 36.4 Å². The summed E-state index contributed by atoms with van der Waals surface area (Å²) in [4.78, 5) is 10.2. The largest absolute Gasteiger partial charge is 0.506 e. The van der Waals surface area contributed by atoms with E-state index in [1.807, 2.05) is 0 Å². The lowest BCUT2D eigenvalue weighted by molar-refractivity contribution is -0.384. The van der Waals surface area contributed by atoms with Gasteiger partial charge in [0.1, 0.15) is 17.3 Å². The molecule has 2 aromatic rings. The summed E-state index contributed by atoms with van der Waals surface area (Å²) in [6.45, 7) is 0.124. The van der Waals surface area contributed by atoms with Crippen molar-refractivity contribution < 1.29 is 14.4 Å². The van der Waals surface area contributed by atoms with Crippen LogP contribution in [0, 0.1) is 15.9 Å². The lowest BCUT2D eigenvalue weighted by Crippen LogP contribution is -2.03. The summed E-state index contributed by atoms with van der Waals surface area (Å²) in [6, 6.07) is 8.03. The third kappa shape index (κ3) is 2.97. The Bertz CT molecular complexity index is 664. The highest BCUT2D eigenvalue weighted by Gasteiger charge is 2.15. The summed E-state index contributed by atoms with van der Waals surface area (Å²) in [5, 5.41) is 23.5. The molecule has 2 rings (SSSR count). The number of nitrogens with one attached hydrogen (secondary N) is 1. The summed E-state index contributed by atoms with van der Waals surface area (Å²) in [7, 11) is 0. The van der Waals surface area contributed by atoms with Gasteiger partial charge in [0.25, 0.3) is 5.69 Å².